The zero-order chi connectivity index (χ0) is 20.3. The Bertz CT molecular complexity index is 978. The Balaban J connectivity index is 1.86. The van der Waals surface area contributed by atoms with Gasteiger partial charge in [0.1, 0.15) is 10.7 Å². The SMILES string of the molecule is CN(Cc1ccccc1Cl)C(=O)c1ccc(F)c(S(=O)(=O)N2CCOCC2)c1. The van der Waals surface area contributed by atoms with Crippen LogP contribution in [0.15, 0.2) is 47.4 Å². The number of halogens is 2. The van der Waals surface area contributed by atoms with Crippen LogP contribution in [0.25, 0.3) is 0 Å². The summed E-state index contributed by atoms with van der Waals surface area (Å²) < 4.78 is 46.2. The highest BCUT2D eigenvalue weighted by Crippen LogP contribution is 2.23. The Morgan fingerprint density at radius 3 is 2.57 bits per heavy atom. The number of morpholine rings is 1. The van der Waals surface area contributed by atoms with Gasteiger partial charge >= 0.3 is 0 Å². The van der Waals surface area contributed by atoms with Crippen molar-refractivity contribution in [3.63, 3.8) is 0 Å². The normalized spacial score (nSPS) is 15.4. The molecule has 1 heterocycles. The van der Waals surface area contributed by atoms with E-state index >= 15 is 0 Å². The first-order valence-corrected chi connectivity index (χ1v) is 10.5. The molecule has 1 amide bonds. The molecule has 1 fully saturated rings. The van der Waals surface area contributed by atoms with Gasteiger partial charge in [0, 0.05) is 37.3 Å². The van der Waals surface area contributed by atoms with E-state index in [1.165, 1.54) is 11.0 Å². The van der Waals surface area contributed by atoms with Crippen LogP contribution in [0.4, 0.5) is 4.39 Å². The Morgan fingerprint density at radius 1 is 1.21 bits per heavy atom. The van der Waals surface area contributed by atoms with Crippen molar-refractivity contribution in [1.82, 2.24) is 9.21 Å². The second-order valence-electron chi connectivity index (χ2n) is 6.41. The molecule has 28 heavy (non-hydrogen) atoms. The van der Waals surface area contributed by atoms with Crippen LogP contribution in [0.5, 0.6) is 0 Å². The fourth-order valence-corrected chi connectivity index (χ4v) is 4.63. The maximum atomic E-state index is 14.3. The van der Waals surface area contributed by atoms with Crippen molar-refractivity contribution in [2.24, 2.45) is 0 Å². The number of hydrogen-bond donors (Lipinski definition) is 0. The average molecular weight is 427 g/mol. The predicted octanol–water partition coefficient (Wildman–Crippen LogP) is 2.77. The number of nitrogens with zero attached hydrogens (tertiary/aromatic N) is 2. The maximum Gasteiger partial charge on any atom is 0.253 e. The van der Waals surface area contributed by atoms with E-state index in [9.17, 15) is 17.6 Å². The van der Waals surface area contributed by atoms with Gasteiger partial charge in [0.2, 0.25) is 10.0 Å². The molecule has 0 saturated carbocycles. The molecule has 0 N–H and O–H groups in total. The third kappa shape index (κ3) is 4.35. The summed E-state index contributed by atoms with van der Waals surface area (Å²) in [5.74, 6) is -1.32. The smallest absolute Gasteiger partial charge is 0.253 e. The lowest BCUT2D eigenvalue weighted by Crippen LogP contribution is -2.41. The summed E-state index contributed by atoms with van der Waals surface area (Å²) in [6.07, 6.45) is 0. The highest BCUT2D eigenvalue weighted by atomic mass is 35.5. The minimum atomic E-state index is -4.05. The first-order chi connectivity index (χ1) is 13.3. The lowest BCUT2D eigenvalue weighted by molar-refractivity contribution is 0.0729. The molecule has 1 aliphatic heterocycles. The van der Waals surface area contributed by atoms with Crippen LogP contribution in [0.2, 0.25) is 5.02 Å². The highest BCUT2D eigenvalue weighted by Gasteiger charge is 2.30. The molecule has 0 spiro atoms. The van der Waals surface area contributed by atoms with Crippen molar-refractivity contribution < 1.29 is 22.3 Å². The van der Waals surface area contributed by atoms with Crippen LogP contribution in [-0.2, 0) is 21.3 Å². The number of benzene rings is 2. The number of carbonyl (C=O) groups is 1. The van der Waals surface area contributed by atoms with Crippen molar-refractivity contribution in [3.8, 4) is 0 Å². The van der Waals surface area contributed by atoms with Gasteiger partial charge in [-0.15, -0.1) is 0 Å². The van der Waals surface area contributed by atoms with Gasteiger partial charge in [-0.25, -0.2) is 12.8 Å². The highest BCUT2D eigenvalue weighted by molar-refractivity contribution is 7.89. The molecule has 0 atom stereocenters. The molecular weight excluding hydrogens is 407 g/mol. The Kier molecular flexibility index (Phi) is 6.34. The van der Waals surface area contributed by atoms with E-state index in [-0.39, 0.29) is 38.4 Å². The van der Waals surface area contributed by atoms with Crippen LogP contribution in [-0.4, -0.2) is 56.9 Å². The monoisotopic (exact) mass is 426 g/mol. The van der Waals surface area contributed by atoms with Gasteiger partial charge in [0.15, 0.2) is 0 Å². The minimum absolute atomic E-state index is 0.0859. The molecule has 6 nitrogen and oxygen atoms in total. The van der Waals surface area contributed by atoms with E-state index in [0.717, 1.165) is 22.0 Å². The lowest BCUT2D eigenvalue weighted by atomic mass is 10.1. The van der Waals surface area contributed by atoms with Gasteiger partial charge in [0.05, 0.1) is 13.2 Å². The summed E-state index contributed by atoms with van der Waals surface area (Å²) in [5.41, 5.74) is 0.839. The van der Waals surface area contributed by atoms with E-state index in [2.05, 4.69) is 0 Å². The van der Waals surface area contributed by atoms with Crippen molar-refractivity contribution in [3.05, 3.63) is 64.4 Å². The zero-order valence-corrected chi connectivity index (χ0v) is 16.8. The summed E-state index contributed by atoms with van der Waals surface area (Å²) in [6, 6.07) is 10.5. The van der Waals surface area contributed by atoms with Crippen molar-refractivity contribution >= 4 is 27.5 Å². The van der Waals surface area contributed by atoms with E-state index in [1.54, 1.807) is 25.2 Å². The van der Waals surface area contributed by atoms with Crippen LogP contribution < -0.4 is 0 Å². The summed E-state index contributed by atoms with van der Waals surface area (Å²) in [4.78, 5) is 13.7. The van der Waals surface area contributed by atoms with Gasteiger partial charge in [0.25, 0.3) is 5.91 Å². The summed E-state index contributed by atoms with van der Waals surface area (Å²) in [7, 11) is -2.48. The third-order valence-corrected chi connectivity index (χ3v) is 6.76. The molecule has 150 valence electrons. The fourth-order valence-electron chi connectivity index (χ4n) is 2.93. The Labute approximate surface area is 168 Å². The summed E-state index contributed by atoms with van der Waals surface area (Å²) in [5, 5.41) is 0.525. The van der Waals surface area contributed by atoms with Gasteiger partial charge < -0.3 is 9.64 Å². The first kappa shape index (κ1) is 20.7. The molecule has 1 saturated heterocycles. The molecule has 0 aliphatic carbocycles. The molecule has 9 heteroatoms. The van der Waals surface area contributed by atoms with Crippen molar-refractivity contribution in [1.29, 1.82) is 0 Å². The molecule has 2 aromatic rings. The van der Waals surface area contributed by atoms with E-state index in [0.29, 0.717) is 5.02 Å². The molecule has 0 aromatic heterocycles. The Hall–Kier alpha value is -2.00. The minimum Gasteiger partial charge on any atom is -0.379 e. The van der Waals surface area contributed by atoms with Gasteiger partial charge in [-0.2, -0.15) is 4.31 Å². The third-order valence-electron chi connectivity index (χ3n) is 4.48. The maximum absolute atomic E-state index is 14.3. The van der Waals surface area contributed by atoms with Crippen molar-refractivity contribution in [2.75, 3.05) is 33.4 Å². The quantitative estimate of drug-likeness (QED) is 0.737. The van der Waals surface area contributed by atoms with Gasteiger partial charge in [-0.3, -0.25) is 4.79 Å². The Morgan fingerprint density at radius 2 is 1.89 bits per heavy atom. The standard InChI is InChI=1S/C19H20ClFN2O4S/c1-22(13-15-4-2-3-5-16(15)20)19(24)14-6-7-17(21)18(12-14)28(25,26)23-8-10-27-11-9-23/h2-7,12H,8-11,13H2,1H3. The van der Waals surface area contributed by atoms with E-state index in [4.69, 9.17) is 16.3 Å². The van der Waals surface area contributed by atoms with E-state index < -0.39 is 26.6 Å². The molecule has 0 radical (unpaired) electrons. The zero-order valence-electron chi connectivity index (χ0n) is 15.3. The molecule has 0 unspecified atom stereocenters. The molecule has 1 aliphatic rings. The van der Waals surface area contributed by atoms with Crippen LogP contribution in [0, 0.1) is 5.82 Å². The molecule has 3 rings (SSSR count). The van der Waals surface area contributed by atoms with Gasteiger partial charge in [-0.1, -0.05) is 29.8 Å². The second-order valence-corrected chi connectivity index (χ2v) is 8.73. The van der Waals surface area contributed by atoms with Crippen LogP contribution >= 0.6 is 11.6 Å². The van der Waals surface area contributed by atoms with Crippen molar-refractivity contribution in [2.45, 2.75) is 11.4 Å². The average Bonchev–Trinajstić information content (AvgIpc) is 2.70. The number of rotatable bonds is 5. The number of amides is 1. The van der Waals surface area contributed by atoms with Crippen LogP contribution in [0.3, 0.4) is 0 Å². The topological polar surface area (TPSA) is 66.9 Å². The summed E-state index contributed by atoms with van der Waals surface area (Å²) >= 11 is 6.13. The number of ether oxygens (including phenoxy) is 1. The lowest BCUT2D eigenvalue weighted by Gasteiger charge is -2.26. The molecule has 0 bridgehead atoms. The van der Waals surface area contributed by atoms with Gasteiger partial charge in [-0.05, 0) is 29.8 Å². The second kappa shape index (κ2) is 8.57. The summed E-state index contributed by atoms with van der Waals surface area (Å²) in [6.45, 7) is 1.03. The molecular formula is C19H20ClFN2O4S. The number of sulfonamides is 1. The molecule has 2 aromatic carbocycles. The first-order valence-electron chi connectivity index (χ1n) is 8.67. The number of carbonyl (C=O) groups excluding carboxylic acids is 1. The fraction of sp³-hybridized carbons (Fsp3) is 0.316. The van der Waals surface area contributed by atoms with E-state index in [1.807, 2.05) is 6.07 Å². The number of hydrogen-bond acceptors (Lipinski definition) is 4. The predicted molar refractivity (Wildman–Crippen MR) is 103 cm³/mol. The van der Waals surface area contributed by atoms with Crippen LogP contribution in [0.1, 0.15) is 15.9 Å². The largest absolute Gasteiger partial charge is 0.379 e.